The second kappa shape index (κ2) is 6.43. The van der Waals surface area contributed by atoms with E-state index in [1.165, 1.54) is 0 Å². The van der Waals surface area contributed by atoms with E-state index in [-0.39, 0.29) is 11.7 Å². The van der Waals surface area contributed by atoms with Gasteiger partial charge < -0.3 is 9.63 Å². The number of aliphatic hydroxyl groups is 1. The predicted octanol–water partition coefficient (Wildman–Crippen LogP) is 4.34. The first-order chi connectivity index (χ1) is 12.9. The van der Waals surface area contributed by atoms with Gasteiger partial charge in [-0.05, 0) is 12.1 Å². The van der Waals surface area contributed by atoms with Crippen molar-refractivity contribution in [3.63, 3.8) is 0 Å². The number of aromatic nitrogens is 3. The smallest absolute Gasteiger partial charge is 0.374 e. The Morgan fingerprint density at radius 3 is 2.37 bits per heavy atom. The van der Waals surface area contributed by atoms with Crippen LogP contribution in [0.15, 0.2) is 59.1 Å². The predicted molar refractivity (Wildman–Crippen MR) is 93.0 cm³/mol. The van der Waals surface area contributed by atoms with Crippen LogP contribution in [0.1, 0.15) is 10.9 Å². The summed E-state index contributed by atoms with van der Waals surface area (Å²) < 4.78 is 46.8. The molecule has 0 radical (unpaired) electrons. The molecule has 0 saturated heterocycles. The van der Waals surface area contributed by atoms with Gasteiger partial charge in [-0.25, -0.2) is 4.98 Å². The van der Waals surface area contributed by atoms with E-state index < -0.39 is 23.2 Å². The molecule has 1 N–H and O–H groups in total. The molecule has 9 heteroatoms. The van der Waals surface area contributed by atoms with E-state index in [9.17, 15) is 18.3 Å². The number of halogens is 3. The molecule has 0 unspecified atom stereocenters. The monoisotopic (exact) mass is 391 g/mol. The van der Waals surface area contributed by atoms with Gasteiger partial charge in [-0.3, -0.25) is 0 Å². The molecule has 0 spiro atoms. The van der Waals surface area contributed by atoms with E-state index in [1.807, 2.05) is 0 Å². The average molecular weight is 391 g/mol. The van der Waals surface area contributed by atoms with E-state index in [0.717, 1.165) is 11.3 Å². The average Bonchev–Trinajstić information content (AvgIpc) is 3.28. The first-order valence-corrected chi connectivity index (χ1v) is 8.72. The van der Waals surface area contributed by atoms with Gasteiger partial charge in [-0.1, -0.05) is 47.6 Å². The Labute approximate surface area is 155 Å². The van der Waals surface area contributed by atoms with Crippen molar-refractivity contribution in [1.29, 1.82) is 0 Å². The summed E-state index contributed by atoms with van der Waals surface area (Å²) in [5.74, 6) is -0.174. The lowest BCUT2D eigenvalue weighted by Crippen LogP contribution is -2.44. The zero-order valence-electron chi connectivity index (χ0n) is 13.6. The van der Waals surface area contributed by atoms with Crippen LogP contribution in [0.25, 0.3) is 21.6 Å². The van der Waals surface area contributed by atoms with Crippen LogP contribution in [0.5, 0.6) is 0 Å². The lowest BCUT2D eigenvalue weighted by molar-refractivity contribution is -0.267. The van der Waals surface area contributed by atoms with Crippen molar-refractivity contribution < 1.29 is 22.8 Å². The van der Waals surface area contributed by atoms with Gasteiger partial charge in [0, 0.05) is 5.56 Å². The number of hydrogen-bond donors (Lipinski definition) is 1. The Morgan fingerprint density at radius 1 is 0.963 bits per heavy atom. The maximum Gasteiger partial charge on any atom is 0.424 e. The molecule has 2 heterocycles. The normalized spacial score (nSPS) is 14.4. The number of fused-ring (bicyclic) bond motifs is 1. The van der Waals surface area contributed by atoms with Gasteiger partial charge >= 0.3 is 6.18 Å². The molecule has 0 saturated carbocycles. The van der Waals surface area contributed by atoms with Gasteiger partial charge in [0.2, 0.25) is 17.3 Å². The summed E-state index contributed by atoms with van der Waals surface area (Å²) in [6.45, 7) is 0. The Kier molecular flexibility index (Phi) is 4.20. The molecule has 2 aromatic carbocycles. The van der Waals surface area contributed by atoms with Crippen LogP contribution in [0, 0.1) is 0 Å². The summed E-state index contributed by atoms with van der Waals surface area (Å²) in [4.78, 5) is 7.97. The molecule has 138 valence electrons. The molecule has 0 bridgehead atoms. The minimum atomic E-state index is -4.97. The Morgan fingerprint density at radius 2 is 1.67 bits per heavy atom. The number of nitrogens with zero attached hydrogens (tertiary/aromatic N) is 3. The van der Waals surface area contributed by atoms with Crippen LogP contribution < -0.4 is 0 Å². The van der Waals surface area contributed by atoms with E-state index in [4.69, 9.17) is 4.52 Å². The lowest BCUT2D eigenvalue weighted by atomic mass is 10.00. The summed E-state index contributed by atoms with van der Waals surface area (Å²) in [6.07, 6.45) is -5.89. The molecular weight excluding hydrogens is 379 g/mol. The van der Waals surface area contributed by atoms with Crippen molar-refractivity contribution >= 4 is 21.6 Å². The fraction of sp³-hybridized carbons (Fsp3) is 0.167. The molecule has 4 aromatic rings. The van der Waals surface area contributed by atoms with E-state index in [0.29, 0.717) is 15.8 Å². The first-order valence-electron chi connectivity index (χ1n) is 7.90. The lowest BCUT2D eigenvalue weighted by Gasteiger charge is -2.26. The maximum absolute atomic E-state index is 13.8. The van der Waals surface area contributed by atoms with E-state index in [2.05, 4.69) is 15.1 Å². The van der Waals surface area contributed by atoms with Gasteiger partial charge in [0.05, 0.1) is 16.6 Å². The highest BCUT2D eigenvalue weighted by Crippen LogP contribution is 2.44. The molecular formula is C18H12F3N3O2S. The maximum atomic E-state index is 13.8. The van der Waals surface area contributed by atoms with Crippen molar-refractivity contribution in [3.8, 4) is 11.4 Å². The third-order valence-electron chi connectivity index (χ3n) is 4.02. The minimum Gasteiger partial charge on any atom is -0.374 e. The molecule has 0 aliphatic heterocycles. The molecule has 0 amide bonds. The SMILES string of the molecule is O[C@@](Cc1nc(-c2ccccc2)no1)(c1nc2ccccc2s1)C(F)(F)F. The minimum absolute atomic E-state index is 0.152. The highest BCUT2D eigenvalue weighted by molar-refractivity contribution is 7.18. The molecule has 1 atom stereocenters. The summed E-state index contributed by atoms with van der Waals surface area (Å²) in [7, 11) is 0. The summed E-state index contributed by atoms with van der Waals surface area (Å²) in [6, 6.07) is 15.3. The molecule has 4 rings (SSSR count). The van der Waals surface area contributed by atoms with Crippen LogP contribution in [0.4, 0.5) is 13.2 Å². The van der Waals surface area contributed by atoms with Crippen LogP contribution in [0.3, 0.4) is 0 Å². The van der Waals surface area contributed by atoms with Crippen LogP contribution >= 0.6 is 11.3 Å². The Balaban J connectivity index is 1.72. The first kappa shape index (κ1) is 17.6. The number of rotatable bonds is 4. The van der Waals surface area contributed by atoms with Gasteiger partial charge in [0.1, 0.15) is 5.01 Å². The van der Waals surface area contributed by atoms with Crippen molar-refractivity contribution in [1.82, 2.24) is 15.1 Å². The quantitative estimate of drug-likeness (QED) is 0.560. The fourth-order valence-corrected chi connectivity index (χ4v) is 3.67. The zero-order valence-corrected chi connectivity index (χ0v) is 14.5. The van der Waals surface area contributed by atoms with Crippen LogP contribution in [-0.2, 0) is 12.0 Å². The highest BCUT2D eigenvalue weighted by atomic mass is 32.1. The van der Waals surface area contributed by atoms with E-state index >= 15 is 0 Å². The largest absolute Gasteiger partial charge is 0.424 e. The topological polar surface area (TPSA) is 72.0 Å². The second-order valence-corrected chi connectivity index (χ2v) is 6.93. The van der Waals surface area contributed by atoms with Crippen molar-refractivity contribution in [2.45, 2.75) is 18.2 Å². The molecule has 0 aliphatic rings. The fourth-order valence-electron chi connectivity index (χ4n) is 2.60. The number of para-hydroxylation sites is 1. The summed E-state index contributed by atoms with van der Waals surface area (Å²) in [5.41, 5.74) is -2.24. The van der Waals surface area contributed by atoms with Gasteiger partial charge in [-0.2, -0.15) is 18.2 Å². The molecule has 27 heavy (non-hydrogen) atoms. The third-order valence-corrected chi connectivity index (χ3v) is 5.21. The number of thiazole rings is 1. The number of benzene rings is 2. The van der Waals surface area contributed by atoms with Crippen molar-refractivity contribution in [2.24, 2.45) is 0 Å². The molecule has 0 aliphatic carbocycles. The van der Waals surface area contributed by atoms with Crippen molar-refractivity contribution in [2.75, 3.05) is 0 Å². The summed E-state index contributed by atoms with van der Waals surface area (Å²) in [5, 5.41) is 13.8. The van der Waals surface area contributed by atoms with Gasteiger partial charge in [0.15, 0.2) is 0 Å². The molecule has 5 nitrogen and oxygen atoms in total. The number of hydrogen-bond acceptors (Lipinski definition) is 6. The number of alkyl halides is 3. The van der Waals surface area contributed by atoms with Gasteiger partial charge in [0.25, 0.3) is 0 Å². The highest BCUT2D eigenvalue weighted by Gasteiger charge is 2.58. The van der Waals surface area contributed by atoms with Gasteiger partial charge in [-0.15, -0.1) is 11.3 Å². The third kappa shape index (κ3) is 3.19. The van der Waals surface area contributed by atoms with Crippen LogP contribution in [0.2, 0.25) is 0 Å². The zero-order chi connectivity index (χ0) is 19.1. The second-order valence-electron chi connectivity index (χ2n) is 5.90. The Bertz CT molecular complexity index is 1050. The molecule has 0 fully saturated rings. The Hall–Kier alpha value is -2.78. The summed E-state index contributed by atoms with van der Waals surface area (Å²) >= 11 is 0.783. The van der Waals surface area contributed by atoms with Crippen molar-refractivity contribution in [3.05, 3.63) is 65.5 Å². The standard InChI is InChI=1S/C18H12F3N3O2S/c19-18(20,21)17(25,16-22-12-8-4-5-9-13(12)27-16)10-14-23-15(24-26-14)11-6-2-1-3-7-11/h1-9,25H,10H2/t17-/m0/s1. The van der Waals surface area contributed by atoms with E-state index in [1.54, 1.807) is 54.6 Å². The molecule has 2 aromatic heterocycles. The van der Waals surface area contributed by atoms with Crippen LogP contribution in [-0.4, -0.2) is 26.4 Å².